The Labute approximate surface area is 332 Å². The van der Waals surface area contributed by atoms with E-state index in [0.717, 1.165) is 5.57 Å². The standard InChI is InChI=1S/C44H64N2O10/c1-9-12-17-24-38-43(6,7)37(50)29-44(54,56-38)32(10-2)41(52)45-26-20-22-30(4)36(55-8)28-35(49)33(47)23-19-16-14-13-15-18-21-31(5)40(51)39-34(48)25-27-46(11-3)42(39)53/h9,12-22,24,26,32-33,35-38,47,49-51,54H,10-11,23,25,27-29H2,1-8H3,(H,45,52). The Hall–Kier alpha value is -4.17. The first-order valence-corrected chi connectivity index (χ1v) is 19.3. The number of Topliss-reactive ketones (excluding diaryl/α,β-unsaturated/α-hetero) is 1. The van der Waals surface area contributed by atoms with Crippen molar-refractivity contribution in [1.29, 1.82) is 0 Å². The molecule has 0 aromatic rings. The molecule has 2 heterocycles. The van der Waals surface area contributed by atoms with Gasteiger partial charge in [-0.05, 0) is 57.8 Å². The van der Waals surface area contributed by atoms with Crippen LogP contribution in [0, 0.1) is 11.3 Å². The number of carbonyl (C=O) groups excluding carboxylic acids is 3. The third-order valence-corrected chi connectivity index (χ3v) is 10.3. The van der Waals surface area contributed by atoms with Crippen LogP contribution >= 0.6 is 0 Å². The molecule has 310 valence electrons. The molecule has 2 saturated heterocycles. The fourth-order valence-electron chi connectivity index (χ4n) is 6.43. The van der Waals surface area contributed by atoms with Gasteiger partial charge in [0.25, 0.3) is 5.91 Å². The number of methoxy groups -OCH3 is 1. The van der Waals surface area contributed by atoms with Crippen molar-refractivity contribution in [3.05, 3.63) is 108 Å². The monoisotopic (exact) mass is 780 g/mol. The molecule has 0 radical (unpaired) electrons. The summed E-state index contributed by atoms with van der Waals surface area (Å²) < 4.78 is 11.7. The highest BCUT2D eigenvalue weighted by molar-refractivity contribution is 6.21. The number of hydrogen-bond donors (Lipinski definition) is 6. The van der Waals surface area contributed by atoms with E-state index in [-0.39, 0.29) is 49.2 Å². The van der Waals surface area contributed by atoms with Gasteiger partial charge in [0, 0.05) is 51.1 Å². The number of amides is 2. The van der Waals surface area contributed by atoms with Gasteiger partial charge < -0.3 is 45.2 Å². The van der Waals surface area contributed by atoms with Gasteiger partial charge >= 0.3 is 0 Å². The lowest BCUT2D eigenvalue weighted by Gasteiger charge is -2.50. The molecular formula is C44H64N2O10. The Morgan fingerprint density at radius 3 is 2.34 bits per heavy atom. The van der Waals surface area contributed by atoms with Gasteiger partial charge in [-0.25, -0.2) is 0 Å². The summed E-state index contributed by atoms with van der Waals surface area (Å²) in [6, 6.07) is 0. The Balaban J connectivity index is 1.91. The van der Waals surface area contributed by atoms with Crippen molar-refractivity contribution < 1.29 is 49.4 Å². The normalized spacial score (nSPS) is 26.0. The van der Waals surface area contributed by atoms with E-state index in [1.54, 1.807) is 87.6 Å². The minimum absolute atomic E-state index is 0.116. The number of rotatable bonds is 19. The van der Waals surface area contributed by atoms with E-state index in [2.05, 4.69) is 5.32 Å². The van der Waals surface area contributed by atoms with E-state index in [4.69, 9.17) is 9.47 Å². The fraction of sp³-hybridized carbons (Fsp3) is 0.523. The molecular weight excluding hydrogens is 716 g/mol. The molecule has 7 atom stereocenters. The lowest BCUT2D eigenvalue weighted by Crippen LogP contribution is -2.60. The maximum atomic E-state index is 13.2. The molecule has 2 aliphatic rings. The average Bonchev–Trinajstić information content (AvgIpc) is 3.15. The van der Waals surface area contributed by atoms with Gasteiger partial charge in [0.1, 0.15) is 11.3 Å². The summed E-state index contributed by atoms with van der Waals surface area (Å²) in [6.07, 6.45) is 20.4. The van der Waals surface area contributed by atoms with Gasteiger partial charge in [-0.2, -0.15) is 0 Å². The van der Waals surface area contributed by atoms with Crippen molar-refractivity contribution in [2.24, 2.45) is 11.3 Å². The molecule has 0 aromatic heterocycles. The third kappa shape index (κ3) is 13.5. The molecule has 2 fully saturated rings. The number of likely N-dealkylation sites (N-methyl/N-ethyl adjacent to an activating group) is 1. The van der Waals surface area contributed by atoms with Crippen LogP contribution in [0.1, 0.15) is 80.6 Å². The first kappa shape index (κ1) is 48.0. The lowest BCUT2D eigenvalue weighted by molar-refractivity contribution is -0.314. The van der Waals surface area contributed by atoms with Crippen LogP contribution in [0.4, 0.5) is 0 Å². The number of allylic oxidation sites excluding steroid dienone is 12. The maximum absolute atomic E-state index is 13.2. The Bertz CT molecular complexity index is 1610. The topological polar surface area (TPSA) is 186 Å². The van der Waals surface area contributed by atoms with E-state index in [9.17, 15) is 39.9 Å². The van der Waals surface area contributed by atoms with Crippen LogP contribution in [0.25, 0.3) is 0 Å². The number of nitrogens with one attached hydrogen (secondary N) is 1. The second-order valence-corrected chi connectivity index (χ2v) is 14.7. The number of aliphatic hydroxyl groups excluding tert-OH is 4. The maximum Gasteiger partial charge on any atom is 0.261 e. The zero-order chi connectivity index (χ0) is 42.1. The molecule has 6 N–H and O–H groups in total. The van der Waals surface area contributed by atoms with E-state index < -0.39 is 59.5 Å². The summed E-state index contributed by atoms with van der Waals surface area (Å²) in [6.45, 7) is 13.4. The number of carbonyl (C=O) groups is 3. The van der Waals surface area contributed by atoms with Gasteiger partial charge in [0.05, 0.1) is 36.4 Å². The number of piperidine rings is 1. The zero-order valence-corrected chi connectivity index (χ0v) is 34.2. The lowest BCUT2D eigenvalue weighted by atomic mass is 9.72. The van der Waals surface area contributed by atoms with Gasteiger partial charge in [0.2, 0.25) is 5.91 Å². The van der Waals surface area contributed by atoms with Crippen LogP contribution in [0.15, 0.2) is 108 Å². The number of nitrogens with zero attached hydrogens (tertiary/aromatic N) is 1. The van der Waals surface area contributed by atoms with Crippen LogP contribution in [-0.4, -0.2) is 105 Å². The molecule has 0 aliphatic carbocycles. The summed E-state index contributed by atoms with van der Waals surface area (Å²) in [4.78, 5) is 39.5. The smallest absolute Gasteiger partial charge is 0.261 e. The fourth-order valence-corrected chi connectivity index (χ4v) is 6.43. The molecule has 0 spiro atoms. The van der Waals surface area contributed by atoms with E-state index in [1.165, 1.54) is 18.2 Å². The van der Waals surface area contributed by atoms with Gasteiger partial charge in [0.15, 0.2) is 11.6 Å². The summed E-state index contributed by atoms with van der Waals surface area (Å²) in [5, 5.41) is 56.9. The predicted octanol–water partition coefficient (Wildman–Crippen LogP) is 5.35. The highest BCUT2D eigenvalue weighted by Crippen LogP contribution is 2.44. The Kier molecular flexibility index (Phi) is 19.8. The number of ether oxygens (including phenoxy) is 2. The Morgan fingerprint density at radius 2 is 1.70 bits per heavy atom. The van der Waals surface area contributed by atoms with Gasteiger partial charge in [-0.1, -0.05) is 93.7 Å². The molecule has 12 nitrogen and oxygen atoms in total. The van der Waals surface area contributed by atoms with E-state index in [1.807, 2.05) is 39.8 Å². The van der Waals surface area contributed by atoms with E-state index >= 15 is 0 Å². The predicted molar refractivity (Wildman–Crippen MR) is 218 cm³/mol. The third-order valence-electron chi connectivity index (χ3n) is 10.3. The minimum atomic E-state index is -1.88. The first-order chi connectivity index (χ1) is 26.5. The van der Waals surface area contributed by atoms with Crippen molar-refractivity contribution in [1.82, 2.24) is 10.2 Å². The highest BCUT2D eigenvalue weighted by atomic mass is 16.6. The molecule has 56 heavy (non-hydrogen) atoms. The quantitative estimate of drug-likeness (QED) is 0.0432. The summed E-state index contributed by atoms with van der Waals surface area (Å²) in [5.41, 5.74) is 0.274. The molecule has 0 saturated carbocycles. The second-order valence-electron chi connectivity index (χ2n) is 14.7. The summed E-state index contributed by atoms with van der Waals surface area (Å²) >= 11 is 0. The van der Waals surface area contributed by atoms with Gasteiger partial charge in [-0.15, -0.1) is 0 Å². The largest absolute Gasteiger partial charge is 0.507 e. The second kappa shape index (κ2) is 23.2. The van der Waals surface area contributed by atoms with Crippen molar-refractivity contribution in [2.75, 3.05) is 20.2 Å². The molecule has 12 heteroatoms. The molecule has 0 aromatic carbocycles. The van der Waals surface area contributed by atoms with Crippen molar-refractivity contribution in [3.8, 4) is 0 Å². The molecule has 2 rings (SSSR count). The summed E-state index contributed by atoms with van der Waals surface area (Å²) in [7, 11) is 1.50. The van der Waals surface area contributed by atoms with Crippen LogP contribution in [0.2, 0.25) is 0 Å². The first-order valence-electron chi connectivity index (χ1n) is 19.3. The number of aliphatic hydroxyl groups is 5. The van der Waals surface area contributed by atoms with Crippen LogP contribution in [-0.2, 0) is 23.9 Å². The van der Waals surface area contributed by atoms with Crippen molar-refractivity contribution >= 4 is 17.6 Å². The number of hydrogen-bond acceptors (Lipinski definition) is 10. The molecule has 7 unspecified atom stereocenters. The summed E-state index contributed by atoms with van der Waals surface area (Å²) in [5.74, 6) is -4.43. The van der Waals surface area contributed by atoms with Crippen LogP contribution in [0.3, 0.4) is 0 Å². The van der Waals surface area contributed by atoms with Crippen LogP contribution < -0.4 is 5.32 Å². The highest BCUT2D eigenvalue weighted by Gasteiger charge is 2.54. The van der Waals surface area contributed by atoms with Crippen molar-refractivity contribution in [2.45, 2.75) is 117 Å². The molecule has 2 amide bonds. The number of likely N-dealkylation sites (tertiary alicyclic amines) is 1. The SMILES string of the molecule is CC=CC=CC1OC(O)(C(CC)C(=O)NC=CC=C(C)C(CC(O)C(O)CC=CC=CC=CC=C(C)C(O)=C2C(=O)CCN(CC)C2=O)OC)CC(O)C1(C)C. The molecule has 0 bridgehead atoms. The molecule has 2 aliphatic heterocycles. The van der Waals surface area contributed by atoms with Gasteiger partial charge in [-0.3, -0.25) is 14.4 Å². The Morgan fingerprint density at radius 1 is 1.02 bits per heavy atom. The average molecular weight is 781 g/mol. The van der Waals surface area contributed by atoms with E-state index in [0.29, 0.717) is 18.7 Å². The van der Waals surface area contributed by atoms with Crippen LogP contribution in [0.5, 0.6) is 0 Å². The zero-order valence-electron chi connectivity index (χ0n) is 34.2. The van der Waals surface area contributed by atoms with Crippen molar-refractivity contribution in [3.63, 3.8) is 0 Å². The minimum Gasteiger partial charge on any atom is -0.507 e. The number of ketones is 1.